The monoisotopic (exact) mass is 781 g/mol. The lowest BCUT2D eigenvalue weighted by Crippen LogP contribution is -2.45. The molecule has 5 unspecified atom stereocenters. The van der Waals surface area contributed by atoms with Crippen LogP contribution in [0.25, 0.3) is 10.9 Å². The normalized spacial score (nSPS) is 29.9. The van der Waals surface area contributed by atoms with Crippen LogP contribution in [0.1, 0.15) is 85.4 Å². The van der Waals surface area contributed by atoms with Crippen LogP contribution in [0.4, 0.5) is 10.2 Å². The van der Waals surface area contributed by atoms with Gasteiger partial charge in [0, 0.05) is 61.6 Å². The topological polar surface area (TPSA) is 142 Å². The first kappa shape index (κ1) is 36.0. The van der Waals surface area contributed by atoms with Gasteiger partial charge in [0.2, 0.25) is 0 Å². The molecule has 57 heavy (non-hydrogen) atoms. The Morgan fingerprint density at radius 2 is 1.84 bits per heavy atom. The van der Waals surface area contributed by atoms with Crippen molar-refractivity contribution in [3.05, 3.63) is 68.9 Å². The lowest BCUT2D eigenvalue weighted by atomic mass is 9.65. The number of hydrogen-bond acceptors (Lipinski definition) is 12. The molecule has 7 atom stereocenters. The van der Waals surface area contributed by atoms with Crippen molar-refractivity contribution in [2.24, 2.45) is 11.8 Å². The van der Waals surface area contributed by atoms with Crippen molar-refractivity contribution in [1.82, 2.24) is 40.5 Å². The summed E-state index contributed by atoms with van der Waals surface area (Å²) >= 11 is 0. The summed E-state index contributed by atoms with van der Waals surface area (Å²) in [5, 5.41) is 9.17. The predicted octanol–water partition coefficient (Wildman–Crippen LogP) is 3.69. The van der Waals surface area contributed by atoms with Crippen LogP contribution in [-0.2, 0) is 35.8 Å². The zero-order valence-corrected chi connectivity index (χ0v) is 32.5. The minimum Gasteiger partial charge on any atom is -0.486 e. The second kappa shape index (κ2) is 14.6. The van der Waals surface area contributed by atoms with E-state index in [1.807, 2.05) is 12.1 Å². The van der Waals surface area contributed by atoms with Gasteiger partial charge >= 0.3 is 11.7 Å². The molecular weight excluding hydrogens is 730 g/mol. The van der Waals surface area contributed by atoms with E-state index < -0.39 is 6.17 Å². The Labute approximate surface area is 330 Å². The van der Waals surface area contributed by atoms with E-state index in [1.54, 1.807) is 4.57 Å². The summed E-state index contributed by atoms with van der Waals surface area (Å²) in [5.41, 5.74) is 11.7. The molecule has 2 aromatic heterocycles. The average molecular weight is 782 g/mol. The van der Waals surface area contributed by atoms with Gasteiger partial charge in [-0.25, -0.2) is 13.9 Å². The number of benzene rings is 2. The molecule has 0 radical (unpaired) electrons. The lowest BCUT2D eigenvalue weighted by Gasteiger charge is -2.41. The maximum absolute atomic E-state index is 16.2. The number of piperazine rings is 1. The lowest BCUT2D eigenvalue weighted by molar-refractivity contribution is 0.0219. The third-order valence-electron chi connectivity index (χ3n) is 13.7. The summed E-state index contributed by atoms with van der Waals surface area (Å²) in [6.07, 6.45) is 4.36. The van der Waals surface area contributed by atoms with Crippen LogP contribution < -0.4 is 36.2 Å². The first-order chi connectivity index (χ1) is 27.9. The van der Waals surface area contributed by atoms with E-state index in [2.05, 4.69) is 51.3 Å². The molecule has 2 aromatic carbocycles. The highest BCUT2D eigenvalue weighted by atomic mass is 19.1. The van der Waals surface area contributed by atoms with E-state index in [0.717, 1.165) is 90.9 Å². The molecule has 4 saturated heterocycles. The van der Waals surface area contributed by atoms with Gasteiger partial charge in [0.15, 0.2) is 5.82 Å². The molecule has 4 aromatic rings. The zero-order chi connectivity index (χ0) is 38.2. The number of ether oxygens (including phenoxy) is 4. The van der Waals surface area contributed by atoms with Gasteiger partial charge < -0.3 is 29.2 Å². The molecule has 6 fully saturated rings. The van der Waals surface area contributed by atoms with Crippen molar-refractivity contribution in [2.45, 2.75) is 114 Å². The van der Waals surface area contributed by atoms with Crippen LogP contribution in [0.5, 0.6) is 11.8 Å². The van der Waals surface area contributed by atoms with Crippen LogP contribution in [-0.4, -0.2) is 94.2 Å². The Hall–Kier alpha value is -4.15. The maximum Gasteiger partial charge on any atom is 0.346 e. The number of fused-ring (bicyclic) bond motifs is 5. The Morgan fingerprint density at radius 3 is 2.61 bits per heavy atom. The summed E-state index contributed by atoms with van der Waals surface area (Å²) in [6.45, 7) is 8.01. The van der Waals surface area contributed by atoms with Gasteiger partial charge in [0.25, 0.3) is 0 Å². The van der Waals surface area contributed by atoms with Gasteiger partial charge in [-0.1, -0.05) is 31.2 Å². The zero-order valence-electron chi connectivity index (χ0n) is 32.5. The number of nitrogens with zero attached hydrogens (tertiary/aromatic N) is 6. The molecule has 15 heteroatoms. The van der Waals surface area contributed by atoms with Crippen molar-refractivity contribution in [1.29, 1.82) is 0 Å². The van der Waals surface area contributed by atoms with Crippen LogP contribution in [0.15, 0.2) is 35.1 Å². The van der Waals surface area contributed by atoms with Crippen molar-refractivity contribution >= 4 is 16.7 Å². The number of anilines is 1. The number of aromatic nitrogens is 5. The fraction of sp³-hybridized carbons (Fsp3) is 0.619. The molecule has 2 saturated carbocycles. The minimum atomic E-state index is -0.950. The average Bonchev–Trinajstić information content (AvgIpc) is 3.48. The molecule has 11 rings (SSSR count). The highest BCUT2D eigenvalue weighted by Gasteiger charge is 2.49. The van der Waals surface area contributed by atoms with Gasteiger partial charge in [0.05, 0.1) is 32.9 Å². The number of halogens is 1. The molecule has 5 aliphatic heterocycles. The van der Waals surface area contributed by atoms with Crippen LogP contribution in [0.3, 0.4) is 0 Å². The Morgan fingerprint density at radius 1 is 1.00 bits per heavy atom. The van der Waals surface area contributed by atoms with E-state index in [4.69, 9.17) is 28.9 Å². The van der Waals surface area contributed by atoms with Crippen LogP contribution in [0.2, 0.25) is 0 Å². The third kappa shape index (κ3) is 6.59. The Bertz CT molecular complexity index is 2200. The number of nitrogens with one attached hydrogen (secondary N) is 3. The van der Waals surface area contributed by atoms with Crippen molar-refractivity contribution < 1.29 is 23.3 Å². The van der Waals surface area contributed by atoms with Gasteiger partial charge in [-0.15, -0.1) is 0 Å². The summed E-state index contributed by atoms with van der Waals surface area (Å²) < 4.78 is 44.3. The van der Waals surface area contributed by atoms with Gasteiger partial charge in [-0.05, 0) is 72.1 Å². The van der Waals surface area contributed by atoms with Crippen LogP contribution in [0, 0.1) is 11.8 Å². The predicted molar refractivity (Wildman–Crippen MR) is 209 cm³/mol. The maximum atomic E-state index is 16.2. The molecule has 302 valence electrons. The highest BCUT2D eigenvalue weighted by Crippen LogP contribution is 2.55. The smallest absolute Gasteiger partial charge is 0.346 e. The summed E-state index contributed by atoms with van der Waals surface area (Å²) in [5.74, 6) is 2.61. The third-order valence-corrected chi connectivity index (χ3v) is 13.7. The van der Waals surface area contributed by atoms with Crippen molar-refractivity contribution in [3.8, 4) is 11.8 Å². The van der Waals surface area contributed by atoms with Gasteiger partial charge in [-0.3, -0.25) is 15.4 Å². The quantitative estimate of drug-likeness (QED) is 0.216. The second-order valence-electron chi connectivity index (χ2n) is 17.4. The summed E-state index contributed by atoms with van der Waals surface area (Å²) in [7, 11) is 0. The number of rotatable bonds is 10. The molecule has 2 bridgehead atoms. The molecule has 7 heterocycles. The highest BCUT2D eigenvalue weighted by molar-refractivity contribution is 5.96. The summed E-state index contributed by atoms with van der Waals surface area (Å²) in [4.78, 5) is 26.0. The molecule has 0 spiro atoms. The van der Waals surface area contributed by atoms with Crippen molar-refractivity contribution in [3.63, 3.8) is 0 Å². The SMILES string of the molecule is CC1C(F)CC2NNCC2C1c1c(C2CC2)cc2c(N3C[C@@H]4C[C@H]3CN4)nc(OC3CCOCC3)nc2c1OCc1ccc(Cn2nc3n(c2=O)CCOC3)cc1. The second-order valence-corrected chi connectivity index (χ2v) is 17.4. The Balaban J connectivity index is 1.01. The number of hydrogen-bond donors (Lipinski definition) is 3. The van der Waals surface area contributed by atoms with Crippen LogP contribution >= 0.6 is 0 Å². The standard InChI is InChI=1S/C42H52FN9O5/c1-23-33(43)16-34-32(18-45-48-34)36(23)37-30(26-6-7-26)15-31-38(46-41(57-29-8-11-54-12-9-29)47-40(31)51-20-27-14-28(51)17-44-27)39(37)56-21-25-4-2-24(3-5-25)19-52-42(53)50-10-13-55-22-35(50)49-52/h2-5,15,23,26-29,32-34,36,44-45,48H,6-14,16-22H2,1H3/t23?,27-,28-,32?,33?,34?,36?/m0/s1. The molecule has 14 nitrogen and oxygen atoms in total. The summed E-state index contributed by atoms with van der Waals surface area (Å²) in [6, 6.07) is 11.7. The van der Waals surface area contributed by atoms with E-state index in [1.165, 1.54) is 10.2 Å². The Kier molecular flexibility index (Phi) is 9.21. The van der Waals surface area contributed by atoms with E-state index in [-0.39, 0.29) is 35.6 Å². The van der Waals surface area contributed by atoms with E-state index >= 15 is 4.39 Å². The minimum absolute atomic E-state index is 0.0336. The largest absolute Gasteiger partial charge is 0.486 e. The van der Waals surface area contributed by atoms with E-state index in [9.17, 15) is 4.79 Å². The molecule has 2 aliphatic carbocycles. The number of hydrazine groups is 1. The molecule has 7 aliphatic rings. The number of alkyl halides is 1. The van der Waals surface area contributed by atoms with Gasteiger partial charge in [0.1, 0.15) is 42.6 Å². The van der Waals surface area contributed by atoms with Crippen molar-refractivity contribution in [2.75, 3.05) is 44.4 Å². The first-order valence-electron chi connectivity index (χ1n) is 21.2. The first-order valence-corrected chi connectivity index (χ1v) is 21.2. The van der Waals surface area contributed by atoms with Gasteiger partial charge in [-0.2, -0.15) is 15.1 Å². The fourth-order valence-electron chi connectivity index (χ4n) is 10.5. The van der Waals surface area contributed by atoms with E-state index in [0.29, 0.717) is 82.4 Å². The fourth-order valence-corrected chi connectivity index (χ4v) is 10.5. The molecule has 3 N–H and O–H groups in total. The molecule has 0 amide bonds. The molecular formula is C42H52FN9O5.